The van der Waals surface area contributed by atoms with Crippen molar-refractivity contribution in [3.8, 4) is 0 Å². The fourth-order valence-electron chi connectivity index (χ4n) is 3.74. The Morgan fingerprint density at radius 1 is 0.889 bits per heavy atom. The van der Waals surface area contributed by atoms with Crippen molar-refractivity contribution in [2.45, 2.75) is 69.0 Å². The summed E-state index contributed by atoms with van der Waals surface area (Å²) in [6.45, 7) is 5.27. The van der Waals surface area contributed by atoms with Crippen LogP contribution >= 0.6 is 0 Å². The SMILES string of the molecule is CC(C)(C)OC(=O)NC1CCC(NS(=O)(=O)c2ccc(F)c(C(=O)Nc3ccc(F)c(F)c3)c2)CC1. The molecule has 3 N–H and O–H groups in total. The Balaban J connectivity index is 1.63. The van der Waals surface area contributed by atoms with Crippen LogP contribution in [0.15, 0.2) is 41.3 Å². The average Bonchev–Trinajstić information content (AvgIpc) is 2.76. The molecule has 0 saturated heterocycles. The smallest absolute Gasteiger partial charge is 0.407 e. The summed E-state index contributed by atoms with van der Waals surface area (Å²) in [6.07, 6.45) is 1.41. The summed E-state index contributed by atoms with van der Waals surface area (Å²) < 4.78 is 74.4. The quantitative estimate of drug-likeness (QED) is 0.513. The lowest BCUT2D eigenvalue weighted by atomic mass is 9.92. The minimum atomic E-state index is -4.10. The van der Waals surface area contributed by atoms with Crippen molar-refractivity contribution in [1.82, 2.24) is 10.0 Å². The number of amides is 2. The maximum absolute atomic E-state index is 14.3. The zero-order valence-corrected chi connectivity index (χ0v) is 20.8. The molecule has 196 valence electrons. The van der Waals surface area contributed by atoms with Gasteiger partial charge in [-0.25, -0.2) is 31.1 Å². The fourth-order valence-corrected chi connectivity index (χ4v) is 5.07. The fraction of sp³-hybridized carbons (Fsp3) is 0.417. The van der Waals surface area contributed by atoms with Gasteiger partial charge in [-0.05, 0) is 76.8 Å². The number of hydrogen-bond acceptors (Lipinski definition) is 5. The van der Waals surface area contributed by atoms with Gasteiger partial charge in [0.25, 0.3) is 5.91 Å². The Morgan fingerprint density at radius 2 is 1.50 bits per heavy atom. The molecule has 0 aromatic heterocycles. The number of halogens is 3. The molecule has 8 nitrogen and oxygen atoms in total. The zero-order valence-electron chi connectivity index (χ0n) is 20.0. The molecule has 36 heavy (non-hydrogen) atoms. The highest BCUT2D eigenvalue weighted by Crippen LogP contribution is 2.23. The Labute approximate surface area is 207 Å². The number of carbonyl (C=O) groups is 2. The van der Waals surface area contributed by atoms with Gasteiger partial charge in [-0.2, -0.15) is 0 Å². The summed E-state index contributed by atoms with van der Waals surface area (Å²) in [6, 6.07) is 4.78. The molecule has 1 aliphatic carbocycles. The maximum atomic E-state index is 14.3. The molecule has 0 aliphatic heterocycles. The Morgan fingerprint density at radius 3 is 2.11 bits per heavy atom. The molecule has 0 spiro atoms. The second-order valence-corrected chi connectivity index (χ2v) is 11.3. The third kappa shape index (κ3) is 7.44. The Kier molecular flexibility index (Phi) is 8.29. The Hall–Kier alpha value is -3.12. The van der Waals surface area contributed by atoms with Gasteiger partial charge in [-0.1, -0.05) is 0 Å². The zero-order chi connectivity index (χ0) is 26.7. The number of alkyl carbamates (subject to hydrolysis) is 1. The number of sulfonamides is 1. The van der Waals surface area contributed by atoms with Crippen molar-refractivity contribution >= 4 is 27.7 Å². The molecule has 0 radical (unpaired) electrons. The molecule has 1 aliphatic rings. The second kappa shape index (κ2) is 10.9. The van der Waals surface area contributed by atoms with Crippen molar-refractivity contribution in [3.05, 3.63) is 59.4 Å². The van der Waals surface area contributed by atoms with E-state index in [4.69, 9.17) is 4.74 Å². The van der Waals surface area contributed by atoms with Gasteiger partial charge in [0.2, 0.25) is 10.0 Å². The molecule has 0 atom stereocenters. The van der Waals surface area contributed by atoms with Gasteiger partial charge in [-0.15, -0.1) is 0 Å². The molecule has 2 aromatic rings. The van der Waals surface area contributed by atoms with Crippen LogP contribution < -0.4 is 15.4 Å². The van der Waals surface area contributed by atoms with Gasteiger partial charge in [0, 0.05) is 23.8 Å². The van der Waals surface area contributed by atoms with E-state index < -0.39 is 56.7 Å². The molecule has 1 saturated carbocycles. The van der Waals surface area contributed by atoms with E-state index in [2.05, 4.69) is 15.4 Å². The molecule has 2 amide bonds. The highest BCUT2D eigenvalue weighted by molar-refractivity contribution is 7.89. The van der Waals surface area contributed by atoms with Crippen molar-refractivity contribution in [1.29, 1.82) is 0 Å². The van der Waals surface area contributed by atoms with Crippen LogP contribution in [0.5, 0.6) is 0 Å². The summed E-state index contributed by atoms with van der Waals surface area (Å²) in [5.74, 6) is -4.33. The molecular weight excluding hydrogens is 499 g/mol. The van der Waals surface area contributed by atoms with Gasteiger partial charge < -0.3 is 15.4 Å². The van der Waals surface area contributed by atoms with Crippen LogP contribution in [0, 0.1) is 17.5 Å². The highest BCUT2D eigenvalue weighted by atomic mass is 32.2. The number of benzene rings is 2. The van der Waals surface area contributed by atoms with E-state index in [1.807, 2.05) is 0 Å². The summed E-state index contributed by atoms with van der Waals surface area (Å²) in [7, 11) is -4.10. The normalized spacial score (nSPS) is 18.4. The van der Waals surface area contributed by atoms with Gasteiger partial charge in [0.1, 0.15) is 11.4 Å². The van der Waals surface area contributed by atoms with Crippen molar-refractivity contribution in [2.24, 2.45) is 0 Å². The molecule has 1 fully saturated rings. The first-order chi connectivity index (χ1) is 16.7. The third-order valence-electron chi connectivity index (χ3n) is 5.44. The van der Waals surface area contributed by atoms with Crippen molar-refractivity contribution < 1.29 is 35.9 Å². The second-order valence-electron chi connectivity index (χ2n) is 9.54. The summed E-state index contributed by atoms with van der Waals surface area (Å²) >= 11 is 0. The predicted octanol–water partition coefficient (Wildman–Crippen LogP) is 4.47. The molecule has 12 heteroatoms. The van der Waals surface area contributed by atoms with Crippen LogP contribution in [0.1, 0.15) is 56.8 Å². The predicted molar refractivity (Wildman–Crippen MR) is 126 cm³/mol. The lowest BCUT2D eigenvalue weighted by molar-refractivity contribution is 0.0490. The number of carbonyl (C=O) groups excluding carboxylic acids is 2. The highest BCUT2D eigenvalue weighted by Gasteiger charge is 2.28. The first kappa shape index (κ1) is 27.5. The number of hydrogen-bond donors (Lipinski definition) is 3. The van der Waals surface area contributed by atoms with E-state index in [0.29, 0.717) is 25.7 Å². The number of anilines is 1. The number of ether oxygens (including phenoxy) is 1. The van der Waals surface area contributed by atoms with E-state index >= 15 is 0 Å². The maximum Gasteiger partial charge on any atom is 0.407 e. The van der Waals surface area contributed by atoms with E-state index in [-0.39, 0.29) is 16.6 Å². The van der Waals surface area contributed by atoms with Crippen LogP contribution in [0.4, 0.5) is 23.7 Å². The Bertz CT molecular complexity index is 1240. The first-order valence-electron chi connectivity index (χ1n) is 11.3. The van der Waals surface area contributed by atoms with Crippen LogP contribution in [-0.2, 0) is 14.8 Å². The van der Waals surface area contributed by atoms with E-state index in [1.165, 1.54) is 0 Å². The standard InChI is InChI=1S/C24H28F3N3O5S/c1-24(2,3)35-23(32)29-14-4-6-15(7-5-14)30-36(33,34)17-9-11-19(25)18(13-17)22(31)28-16-8-10-20(26)21(27)12-16/h8-15,30H,4-7H2,1-3H3,(H,28,31)(H,29,32). The summed E-state index contributed by atoms with van der Waals surface area (Å²) in [5, 5.41) is 4.99. The average molecular weight is 528 g/mol. The molecule has 0 unspecified atom stereocenters. The number of nitrogens with one attached hydrogen (secondary N) is 3. The molecule has 3 rings (SSSR count). The van der Waals surface area contributed by atoms with Crippen LogP contribution in [0.3, 0.4) is 0 Å². The topological polar surface area (TPSA) is 114 Å². The molecule has 0 bridgehead atoms. The molecular formula is C24H28F3N3O5S. The lowest BCUT2D eigenvalue weighted by Crippen LogP contribution is -2.45. The summed E-state index contributed by atoms with van der Waals surface area (Å²) in [5.41, 5.74) is -1.33. The van der Waals surface area contributed by atoms with E-state index in [1.54, 1.807) is 20.8 Å². The van der Waals surface area contributed by atoms with E-state index in [0.717, 1.165) is 36.4 Å². The van der Waals surface area contributed by atoms with Crippen molar-refractivity contribution in [3.63, 3.8) is 0 Å². The number of rotatable bonds is 6. The van der Waals surface area contributed by atoms with E-state index in [9.17, 15) is 31.2 Å². The lowest BCUT2D eigenvalue weighted by Gasteiger charge is -2.30. The van der Waals surface area contributed by atoms with Crippen LogP contribution in [0.2, 0.25) is 0 Å². The largest absolute Gasteiger partial charge is 0.444 e. The molecule has 2 aromatic carbocycles. The van der Waals surface area contributed by atoms with Gasteiger partial charge in [0.05, 0.1) is 10.5 Å². The third-order valence-corrected chi connectivity index (χ3v) is 6.96. The first-order valence-corrected chi connectivity index (χ1v) is 12.8. The molecule has 0 heterocycles. The monoisotopic (exact) mass is 527 g/mol. The van der Waals surface area contributed by atoms with Gasteiger partial charge in [-0.3, -0.25) is 4.79 Å². The van der Waals surface area contributed by atoms with Gasteiger partial charge in [0.15, 0.2) is 11.6 Å². The van der Waals surface area contributed by atoms with Crippen LogP contribution in [0.25, 0.3) is 0 Å². The minimum Gasteiger partial charge on any atom is -0.444 e. The van der Waals surface area contributed by atoms with Crippen molar-refractivity contribution in [2.75, 3.05) is 5.32 Å². The van der Waals surface area contributed by atoms with Gasteiger partial charge >= 0.3 is 6.09 Å². The van der Waals surface area contributed by atoms with Crippen LogP contribution in [-0.4, -0.2) is 38.1 Å². The minimum absolute atomic E-state index is 0.124. The summed E-state index contributed by atoms with van der Waals surface area (Å²) in [4.78, 5) is 24.1.